The highest BCUT2D eigenvalue weighted by atomic mass is 35.5. The number of likely N-dealkylation sites (tertiary alicyclic amines) is 1. The first-order valence-corrected chi connectivity index (χ1v) is 9.54. The Bertz CT molecular complexity index is 825. The molecule has 28 heavy (non-hydrogen) atoms. The predicted octanol–water partition coefficient (Wildman–Crippen LogP) is 4.13. The van der Waals surface area contributed by atoms with E-state index < -0.39 is 5.60 Å². The fourth-order valence-electron chi connectivity index (χ4n) is 3.91. The lowest BCUT2D eigenvalue weighted by Gasteiger charge is -2.37. The summed E-state index contributed by atoms with van der Waals surface area (Å²) in [5.41, 5.74) is 2.26. The maximum atomic E-state index is 13.1. The lowest BCUT2D eigenvalue weighted by atomic mass is 9.84. The van der Waals surface area contributed by atoms with Crippen molar-refractivity contribution in [3.8, 4) is 5.75 Å². The normalized spacial score (nSPS) is 18.3. The van der Waals surface area contributed by atoms with E-state index >= 15 is 0 Å². The predicted molar refractivity (Wildman–Crippen MR) is 113 cm³/mol. The van der Waals surface area contributed by atoms with E-state index in [-0.39, 0.29) is 18.2 Å². The maximum absolute atomic E-state index is 13.1. The molecule has 0 atom stereocenters. The van der Waals surface area contributed by atoms with Crippen LogP contribution in [0.2, 0.25) is 0 Å². The Morgan fingerprint density at radius 1 is 1.04 bits per heavy atom. The number of nitrogens with zero attached hydrogens (tertiary/aromatic N) is 1. The number of methoxy groups -OCH3 is 1. The molecule has 4 nitrogen and oxygen atoms in total. The summed E-state index contributed by atoms with van der Waals surface area (Å²) in [5.74, 6) is 0.905. The summed E-state index contributed by atoms with van der Waals surface area (Å²) < 4.78 is 11.2. The number of carbonyl (C=O) groups is 1. The van der Waals surface area contributed by atoms with Crippen molar-refractivity contribution in [2.24, 2.45) is 0 Å². The summed E-state index contributed by atoms with van der Waals surface area (Å²) in [6.45, 7) is 2.80. The summed E-state index contributed by atoms with van der Waals surface area (Å²) >= 11 is 0. The molecule has 0 aliphatic carbocycles. The summed E-state index contributed by atoms with van der Waals surface area (Å²) in [6.07, 6.45) is 4.19. The Morgan fingerprint density at radius 2 is 1.71 bits per heavy atom. The molecule has 0 radical (unpaired) electrons. The number of carbonyl (C=O) groups excluding carboxylic acids is 1. The molecule has 2 aliphatic heterocycles. The Hall–Kier alpha value is -2.30. The minimum Gasteiger partial charge on any atom is -0.497 e. The van der Waals surface area contributed by atoms with Crippen molar-refractivity contribution in [3.05, 3.63) is 72.0 Å². The molecule has 5 heteroatoms. The maximum Gasteiger partial charge on any atom is 0.210 e. The van der Waals surface area contributed by atoms with Crippen LogP contribution in [0.3, 0.4) is 0 Å². The molecule has 2 aromatic carbocycles. The first-order chi connectivity index (χ1) is 13.2. The van der Waals surface area contributed by atoms with Crippen LogP contribution in [0.25, 0.3) is 5.57 Å². The van der Waals surface area contributed by atoms with Crippen molar-refractivity contribution >= 4 is 23.8 Å². The second-order valence-corrected chi connectivity index (χ2v) is 7.28. The highest BCUT2D eigenvalue weighted by molar-refractivity contribution is 6.26. The zero-order valence-corrected chi connectivity index (χ0v) is 16.9. The van der Waals surface area contributed by atoms with Crippen molar-refractivity contribution in [1.82, 2.24) is 4.90 Å². The summed E-state index contributed by atoms with van der Waals surface area (Å²) in [5, 5.41) is 0. The van der Waals surface area contributed by atoms with E-state index in [0.717, 1.165) is 50.2 Å². The van der Waals surface area contributed by atoms with E-state index in [4.69, 9.17) is 9.47 Å². The fraction of sp³-hybridized carbons (Fsp3) is 0.348. The number of benzene rings is 2. The van der Waals surface area contributed by atoms with Gasteiger partial charge in [0.1, 0.15) is 5.75 Å². The monoisotopic (exact) mass is 399 g/mol. The largest absolute Gasteiger partial charge is 0.497 e. The summed E-state index contributed by atoms with van der Waals surface area (Å²) in [4.78, 5) is 15.5. The number of Topliss-reactive ketones (excluding diaryl/α,β-unsaturated/α-hetero) is 1. The van der Waals surface area contributed by atoms with E-state index in [1.807, 2.05) is 30.3 Å². The third-order valence-corrected chi connectivity index (χ3v) is 5.69. The lowest BCUT2D eigenvalue weighted by Crippen LogP contribution is -2.49. The molecule has 0 N–H and O–H groups in total. The molecule has 2 heterocycles. The zero-order chi connectivity index (χ0) is 18.7. The van der Waals surface area contributed by atoms with Crippen molar-refractivity contribution in [3.63, 3.8) is 0 Å². The van der Waals surface area contributed by atoms with Crippen LogP contribution in [0.1, 0.15) is 24.0 Å². The Labute approximate surface area is 172 Å². The smallest absolute Gasteiger partial charge is 0.210 e. The highest BCUT2D eigenvalue weighted by Crippen LogP contribution is 2.38. The highest BCUT2D eigenvalue weighted by Gasteiger charge is 2.47. The number of ketones is 1. The minimum atomic E-state index is -0.668. The van der Waals surface area contributed by atoms with Crippen LogP contribution in [-0.2, 0) is 16.0 Å². The van der Waals surface area contributed by atoms with Gasteiger partial charge in [-0.1, -0.05) is 42.5 Å². The fourth-order valence-corrected chi connectivity index (χ4v) is 3.91. The van der Waals surface area contributed by atoms with Crippen molar-refractivity contribution in [1.29, 1.82) is 0 Å². The van der Waals surface area contributed by atoms with Gasteiger partial charge in [0.25, 0.3) is 0 Å². The van der Waals surface area contributed by atoms with Crippen LogP contribution in [0.5, 0.6) is 5.75 Å². The molecule has 148 valence electrons. The topological polar surface area (TPSA) is 38.8 Å². The second-order valence-electron chi connectivity index (χ2n) is 7.28. The number of rotatable bonds is 5. The average Bonchev–Trinajstić information content (AvgIpc) is 3.04. The van der Waals surface area contributed by atoms with E-state index in [1.54, 1.807) is 13.4 Å². The molecule has 2 aliphatic rings. The average molecular weight is 400 g/mol. The zero-order valence-electron chi connectivity index (χ0n) is 16.1. The van der Waals surface area contributed by atoms with Gasteiger partial charge in [-0.05, 0) is 29.7 Å². The van der Waals surface area contributed by atoms with Crippen LogP contribution in [0.4, 0.5) is 0 Å². The van der Waals surface area contributed by atoms with E-state index in [0.29, 0.717) is 5.57 Å². The SMILES string of the molecule is COc1ccc(C2=COC3(CCN(CCc4ccccc4)CC3)C2=O)cc1.Cl. The molecular weight excluding hydrogens is 374 g/mol. The van der Waals surface area contributed by atoms with Gasteiger partial charge in [-0.15, -0.1) is 12.4 Å². The van der Waals surface area contributed by atoms with Crippen LogP contribution in [-0.4, -0.2) is 43.0 Å². The van der Waals surface area contributed by atoms with Crippen LogP contribution >= 0.6 is 12.4 Å². The van der Waals surface area contributed by atoms with Gasteiger partial charge in [0.2, 0.25) is 5.78 Å². The molecule has 0 bridgehead atoms. The van der Waals surface area contributed by atoms with Gasteiger partial charge >= 0.3 is 0 Å². The molecule has 2 aromatic rings. The van der Waals surface area contributed by atoms with E-state index in [1.165, 1.54) is 5.56 Å². The van der Waals surface area contributed by atoms with Gasteiger partial charge in [-0.2, -0.15) is 0 Å². The lowest BCUT2D eigenvalue weighted by molar-refractivity contribution is -0.133. The number of hydrogen-bond donors (Lipinski definition) is 0. The first-order valence-electron chi connectivity index (χ1n) is 9.54. The molecule has 0 saturated carbocycles. The third-order valence-electron chi connectivity index (χ3n) is 5.69. The van der Waals surface area contributed by atoms with Crippen LogP contribution < -0.4 is 4.74 Å². The molecule has 4 rings (SSSR count). The number of ether oxygens (including phenoxy) is 2. The number of hydrogen-bond acceptors (Lipinski definition) is 4. The van der Waals surface area contributed by atoms with Gasteiger partial charge in [-0.25, -0.2) is 0 Å². The Kier molecular flexibility index (Phi) is 6.42. The van der Waals surface area contributed by atoms with Gasteiger partial charge in [0.05, 0.1) is 18.9 Å². The summed E-state index contributed by atoms with van der Waals surface area (Å²) in [6, 6.07) is 18.1. The minimum absolute atomic E-state index is 0. The molecule has 1 saturated heterocycles. The standard InChI is InChI=1S/C23H25NO3.ClH/c1-26-20-9-7-19(8-10-20)21-17-27-23(22(21)25)12-15-24(16-13-23)14-11-18-5-3-2-4-6-18;/h2-10,17H,11-16H2,1H3;1H. The second kappa shape index (κ2) is 8.80. The number of piperidine rings is 1. The molecule has 0 amide bonds. The Morgan fingerprint density at radius 3 is 2.36 bits per heavy atom. The van der Waals surface area contributed by atoms with E-state index in [2.05, 4.69) is 29.2 Å². The van der Waals surface area contributed by atoms with Gasteiger partial charge in [-0.3, -0.25) is 4.79 Å². The van der Waals surface area contributed by atoms with Gasteiger partial charge in [0, 0.05) is 32.5 Å². The van der Waals surface area contributed by atoms with E-state index in [9.17, 15) is 4.79 Å². The van der Waals surface area contributed by atoms with Crippen molar-refractivity contribution in [2.45, 2.75) is 24.9 Å². The molecule has 1 spiro atoms. The third kappa shape index (κ3) is 4.08. The van der Waals surface area contributed by atoms with Gasteiger partial charge in [0.15, 0.2) is 5.60 Å². The quantitative estimate of drug-likeness (QED) is 0.757. The molecule has 1 fully saturated rings. The van der Waals surface area contributed by atoms with Gasteiger partial charge < -0.3 is 14.4 Å². The molecule has 0 unspecified atom stereocenters. The number of halogens is 1. The summed E-state index contributed by atoms with van der Waals surface area (Å²) in [7, 11) is 1.64. The van der Waals surface area contributed by atoms with Crippen molar-refractivity contribution < 1.29 is 14.3 Å². The first kappa shape index (κ1) is 20.4. The molecule has 0 aromatic heterocycles. The van der Waals surface area contributed by atoms with Crippen LogP contribution in [0, 0.1) is 0 Å². The van der Waals surface area contributed by atoms with Crippen LogP contribution in [0.15, 0.2) is 60.9 Å². The van der Waals surface area contributed by atoms with Crippen molar-refractivity contribution in [2.75, 3.05) is 26.7 Å². The Balaban J connectivity index is 0.00000225. The molecular formula is C23H26ClNO3.